The van der Waals surface area contributed by atoms with E-state index in [-0.39, 0.29) is 43.3 Å². The summed E-state index contributed by atoms with van der Waals surface area (Å²) >= 11 is 0. The van der Waals surface area contributed by atoms with Crippen LogP contribution in [0.2, 0.25) is 0 Å². The first-order valence-corrected chi connectivity index (χ1v) is 13.2. The molecule has 1 fully saturated rings. The maximum Gasteiger partial charge on any atom is 0.334 e. The lowest BCUT2D eigenvalue weighted by molar-refractivity contribution is -0.138. The second-order valence-electron chi connectivity index (χ2n) is 9.92. The number of benzene rings is 3. The minimum atomic E-state index is -1.97. The number of carbonyl (C=O) groups is 2. The predicted octanol–water partition coefficient (Wildman–Crippen LogP) is 5.43. The number of ether oxygens (including phenoxy) is 1. The van der Waals surface area contributed by atoms with Gasteiger partial charge in [0.15, 0.2) is 0 Å². The molecular formula is C33H28N4O3. The largest absolute Gasteiger partial charge is 0.463 e. The first-order valence-electron chi connectivity index (χ1n) is 13.2. The topological polar surface area (TPSA) is 107 Å². The van der Waals surface area contributed by atoms with Gasteiger partial charge in [-0.2, -0.15) is 10.5 Å². The maximum absolute atomic E-state index is 14.6. The van der Waals surface area contributed by atoms with Crippen LogP contribution in [0.4, 0.5) is 5.69 Å². The highest BCUT2D eigenvalue weighted by molar-refractivity contribution is 6.23. The van der Waals surface area contributed by atoms with Crippen molar-refractivity contribution in [3.05, 3.63) is 113 Å². The number of rotatable bonds is 6. The molecule has 0 N–H and O–H groups in total. The van der Waals surface area contributed by atoms with E-state index in [2.05, 4.69) is 12.1 Å². The van der Waals surface area contributed by atoms with E-state index in [0.717, 1.165) is 11.1 Å². The Balaban J connectivity index is 1.75. The first kappa shape index (κ1) is 26.6. The number of para-hydroxylation sites is 1. The van der Waals surface area contributed by atoms with Gasteiger partial charge in [-0.15, -0.1) is 0 Å². The minimum Gasteiger partial charge on any atom is -0.463 e. The smallest absolute Gasteiger partial charge is 0.334 e. The lowest BCUT2D eigenvalue weighted by Gasteiger charge is -2.32. The van der Waals surface area contributed by atoms with E-state index in [9.17, 15) is 20.1 Å². The van der Waals surface area contributed by atoms with Crippen LogP contribution in [0.15, 0.2) is 101 Å². The highest BCUT2D eigenvalue weighted by Gasteiger charge is 2.71. The van der Waals surface area contributed by atoms with Gasteiger partial charge in [0.05, 0.1) is 37.5 Å². The van der Waals surface area contributed by atoms with Gasteiger partial charge in [-0.25, -0.2) is 4.79 Å². The van der Waals surface area contributed by atoms with Gasteiger partial charge in [-0.05, 0) is 48.6 Å². The molecule has 0 aromatic heterocycles. The van der Waals surface area contributed by atoms with Crippen LogP contribution in [0.25, 0.3) is 0 Å². The fourth-order valence-corrected chi connectivity index (χ4v) is 5.85. The zero-order valence-electron chi connectivity index (χ0n) is 22.4. The molecule has 1 amide bonds. The van der Waals surface area contributed by atoms with E-state index in [4.69, 9.17) is 9.73 Å². The molecule has 0 saturated heterocycles. The predicted molar refractivity (Wildman–Crippen MR) is 151 cm³/mol. The molecule has 3 aromatic carbocycles. The second-order valence-corrected chi connectivity index (χ2v) is 9.92. The third-order valence-corrected chi connectivity index (χ3v) is 7.80. The monoisotopic (exact) mass is 528 g/mol. The van der Waals surface area contributed by atoms with Crippen molar-refractivity contribution in [2.75, 3.05) is 11.5 Å². The number of carbonyl (C=O) groups excluding carboxylic acids is 2. The molecule has 40 heavy (non-hydrogen) atoms. The molecule has 1 heterocycles. The molecule has 0 radical (unpaired) electrons. The summed E-state index contributed by atoms with van der Waals surface area (Å²) in [6.45, 7) is 3.94. The van der Waals surface area contributed by atoms with Gasteiger partial charge in [0.2, 0.25) is 11.3 Å². The van der Waals surface area contributed by atoms with E-state index in [1.807, 2.05) is 72.8 Å². The van der Waals surface area contributed by atoms with Crippen molar-refractivity contribution in [3.8, 4) is 12.1 Å². The van der Waals surface area contributed by atoms with Crippen molar-refractivity contribution in [2.45, 2.75) is 38.8 Å². The molecule has 1 atom stereocenters. The fourth-order valence-electron chi connectivity index (χ4n) is 5.85. The van der Waals surface area contributed by atoms with Crippen LogP contribution in [0.1, 0.15) is 37.0 Å². The number of aliphatic imine (C=N–C) groups is 1. The van der Waals surface area contributed by atoms with Gasteiger partial charge in [0, 0.05) is 11.3 Å². The highest BCUT2D eigenvalue weighted by atomic mass is 16.5. The number of hydrogen-bond acceptors (Lipinski definition) is 6. The quantitative estimate of drug-likeness (QED) is 0.313. The number of esters is 1. The van der Waals surface area contributed by atoms with Crippen molar-refractivity contribution in [3.63, 3.8) is 0 Å². The number of allylic oxidation sites excluding steroid dienone is 1. The van der Waals surface area contributed by atoms with Crippen LogP contribution in [-0.4, -0.2) is 24.2 Å². The van der Waals surface area contributed by atoms with Crippen LogP contribution >= 0.6 is 0 Å². The molecule has 3 aromatic rings. The van der Waals surface area contributed by atoms with Crippen molar-refractivity contribution in [1.29, 1.82) is 10.5 Å². The molecule has 1 aliphatic heterocycles. The van der Waals surface area contributed by atoms with Gasteiger partial charge in [0.25, 0.3) is 0 Å². The van der Waals surface area contributed by atoms with E-state index in [1.54, 1.807) is 30.9 Å². The molecule has 5 rings (SSSR count). The highest BCUT2D eigenvalue weighted by Crippen LogP contribution is 2.61. The first-order chi connectivity index (χ1) is 19.4. The molecule has 7 nitrogen and oxygen atoms in total. The molecule has 0 bridgehead atoms. The zero-order chi connectivity index (χ0) is 28.3. The summed E-state index contributed by atoms with van der Waals surface area (Å²) in [5.41, 5.74) is 0.256. The average Bonchev–Trinajstić information content (AvgIpc) is 3.42. The Kier molecular flexibility index (Phi) is 7.07. The van der Waals surface area contributed by atoms with Crippen molar-refractivity contribution in [1.82, 2.24) is 0 Å². The molecule has 7 heteroatoms. The Hall–Kier alpha value is -5.01. The SMILES string of the molecule is CCOC(=O)/C(C)=C1\C[C@@]2(C(=O)N(Cc3ccccc3)c3ccccc32)C(C#N)(C#N)C1=NCc1ccccc1. The lowest BCUT2D eigenvalue weighted by Crippen LogP contribution is -2.50. The lowest BCUT2D eigenvalue weighted by atomic mass is 9.63. The van der Waals surface area contributed by atoms with E-state index in [1.165, 1.54) is 0 Å². The molecule has 1 aliphatic carbocycles. The minimum absolute atomic E-state index is 0.0203. The molecule has 198 valence electrons. The van der Waals surface area contributed by atoms with Crippen LogP contribution in [0.3, 0.4) is 0 Å². The third-order valence-electron chi connectivity index (χ3n) is 7.80. The van der Waals surface area contributed by atoms with Crippen molar-refractivity contribution >= 4 is 23.3 Å². The number of anilines is 1. The Morgan fingerprint density at radius 3 is 2.17 bits per heavy atom. The number of nitriles is 2. The molecule has 1 saturated carbocycles. The van der Waals surface area contributed by atoms with Gasteiger partial charge in [-0.1, -0.05) is 78.9 Å². The standard InChI is InChI=1S/C33H28N4O3/c1-3-40-30(38)23(2)26-18-33(32(21-34,22-35)29(26)36-19-24-12-6-4-7-13-24)27-16-10-11-17-28(27)37(31(33)39)20-25-14-8-5-9-15-25/h4-17H,3,18-20H2,1-2H3/b26-23+,36-29?/t33-/m1/s1. The summed E-state index contributed by atoms with van der Waals surface area (Å²) < 4.78 is 5.30. The van der Waals surface area contributed by atoms with Crippen LogP contribution in [0.5, 0.6) is 0 Å². The Labute approximate surface area is 233 Å². The van der Waals surface area contributed by atoms with Crippen molar-refractivity contribution in [2.24, 2.45) is 10.4 Å². The Bertz CT molecular complexity index is 1600. The summed E-state index contributed by atoms with van der Waals surface area (Å²) in [6, 6.07) is 30.8. The zero-order valence-corrected chi connectivity index (χ0v) is 22.4. The van der Waals surface area contributed by atoms with Gasteiger partial charge < -0.3 is 9.64 Å². The van der Waals surface area contributed by atoms with Crippen LogP contribution < -0.4 is 4.90 Å². The molecule has 0 unspecified atom stereocenters. The molecule has 1 spiro atoms. The number of fused-ring (bicyclic) bond motifs is 2. The summed E-state index contributed by atoms with van der Waals surface area (Å²) in [4.78, 5) is 34.1. The third kappa shape index (κ3) is 3.99. The Morgan fingerprint density at radius 1 is 0.950 bits per heavy atom. The summed E-state index contributed by atoms with van der Waals surface area (Å²) in [6.07, 6.45) is -0.0203. The maximum atomic E-state index is 14.6. The van der Waals surface area contributed by atoms with E-state index < -0.39 is 16.8 Å². The number of amides is 1. The van der Waals surface area contributed by atoms with Gasteiger partial charge >= 0.3 is 5.97 Å². The number of hydrogen-bond donors (Lipinski definition) is 0. The second kappa shape index (κ2) is 10.6. The summed E-state index contributed by atoms with van der Waals surface area (Å²) in [7, 11) is 0. The van der Waals surface area contributed by atoms with Gasteiger partial charge in [0.1, 0.15) is 5.41 Å². The summed E-state index contributed by atoms with van der Waals surface area (Å²) in [5, 5.41) is 21.6. The number of nitrogens with zero attached hydrogens (tertiary/aromatic N) is 4. The Morgan fingerprint density at radius 2 is 1.55 bits per heavy atom. The molecular weight excluding hydrogens is 500 g/mol. The van der Waals surface area contributed by atoms with E-state index in [0.29, 0.717) is 16.8 Å². The summed E-state index contributed by atoms with van der Waals surface area (Å²) in [5.74, 6) is -0.925. The molecule has 2 aliphatic rings. The van der Waals surface area contributed by atoms with Gasteiger partial charge in [-0.3, -0.25) is 9.79 Å². The van der Waals surface area contributed by atoms with Crippen LogP contribution in [-0.2, 0) is 32.8 Å². The van der Waals surface area contributed by atoms with Crippen LogP contribution in [0, 0.1) is 28.1 Å². The fraction of sp³-hybridized carbons (Fsp3) is 0.242. The van der Waals surface area contributed by atoms with E-state index >= 15 is 0 Å². The average molecular weight is 529 g/mol. The normalized spacial score (nSPS) is 21.1. The van der Waals surface area contributed by atoms with Crippen molar-refractivity contribution < 1.29 is 14.3 Å².